The van der Waals surface area contributed by atoms with Gasteiger partial charge in [0.05, 0.1) is 27.8 Å². The first-order valence-electron chi connectivity index (χ1n) is 19.0. The monoisotopic (exact) mass is 733 g/mol. The van der Waals surface area contributed by atoms with Crippen molar-refractivity contribution in [2.75, 3.05) is 0 Å². The molecule has 4 aromatic heterocycles. The number of hydrogen-bond acceptors (Lipinski definition) is 2. The smallest absolute Gasteiger partial charge is 0.179 e. The second-order valence-corrected chi connectivity index (χ2v) is 18.1. The molecular weight excluding hydrogens is 699 g/mol. The van der Waals surface area contributed by atoms with Gasteiger partial charge in [0.1, 0.15) is 5.82 Å². The lowest BCUT2D eigenvalue weighted by molar-refractivity contribution is 0.881. The zero-order valence-corrected chi connectivity index (χ0v) is 31.4. The van der Waals surface area contributed by atoms with Crippen molar-refractivity contribution in [1.29, 1.82) is 0 Å². The minimum atomic E-state index is -2.95. The molecule has 0 bridgehead atoms. The van der Waals surface area contributed by atoms with Crippen molar-refractivity contribution >= 4 is 72.4 Å². The van der Waals surface area contributed by atoms with Crippen LogP contribution in [0.4, 0.5) is 0 Å². The van der Waals surface area contributed by atoms with Crippen LogP contribution >= 0.6 is 0 Å². The molecule has 7 aromatic carbocycles. The fourth-order valence-corrected chi connectivity index (χ4v) is 13.8. The van der Waals surface area contributed by atoms with Crippen molar-refractivity contribution in [2.45, 2.75) is 0 Å². The maximum Gasteiger partial charge on any atom is 0.179 e. The maximum atomic E-state index is 5.04. The number of para-hydroxylation sites is 2. The molecule has 11 rings (SSSR count). The average molecular weight is 734 g/mol. The third-order valence-electron chi connectivity index (χ3n) is 11.4. The first kappa shape index (κ1) is 32.2. The van der Waals surface area contributed by atoms with Gasteiger partial charge in [-0.3, -0.25) is 4.57 Å². The third kappa shape index (κ3) is 4.79. The fraction of sp³-hybridized carbons (Fsp3) is 0. The molecule has 0 spiro atoms. The van der Waals surface area contributed by atoms with Crippen molar-refractivity contribution in [1.82, 2.24) is 23.9 Å². The molecule has 0 aliphatic carbocycles. The summed E-state index contributed by atoms with van der Waals surface area (Å²) in [5, 5.41) is 14.7. The molecule has 0 aliphatic heterocycles. The Hall–Kier alpha value is -7.28. The van der Waals surface area contributed by atoms with E-state index in [1.165, 1.54) is 47.8 Å². The van der Waals surface area contributed by atoms with E-state index in [0.717, 1.165) is 33.7 Å². The summed E-state index contributed by atoms with van der Waals surface area (Å²) in [6, 6.07) is 70.7. The van der Waals surface area contributed by atoms with Gasteiger partial charge < -0.3 is 4.57 Å². The minimum absolute atomic E-state index is 0.890. The molecule has 6 heteroatoms. The number of benzene rings is 7. The van der Waals surface area contributed by atoms with Gasteiger partial charge in [0.25, 0.3) is 0 Å². The third-order valence-corrected chi connectivity index (χ3v) is 16.1. The Labute approximate surface area is 325 Å². The number of aromatic nitrogens is 5. The van der Waals surface area contributed by atoms with E-state index >= 15 is 0 Å². The molecule has 5 nitrogen and oxygen atoms in total. The lowest BCUT2D eigenvalue weighted by atomic mass is 10.1. The van der Waals surface area contributed by atoms with Gasteiger partial charge in [-0.15, -0.1) is 0 Å². The molecule has 11 aromatic rings. The van der Waals surface area contributed by atoms with Crippen LogP contribution in [0, 0.1) is 0 Å². The molecule has 0 unspecified atom stereocenters. The van der Waals surface area contributed by atoms with Gasteiger partial charge in [0, 0.05) is 45.8 Å². The molecule has 0 fully saturated rings. The molecule has 0 amide bonds. The number of fused-ring (bicyclic) bond motifs is 7. The van der Waals surface area contributed by atoms with E-state index < -0.39 is 8.07 Å². The summed E-state index contributed by atoms with van der Waals surface area (Å²) in [5.74, 6) is 0.890. The number of hydrogen-bond donors (Lipinski definition) is 0. The zero-order valence-electron chi connectivity index (χ0n) is 30.4. The van der Waals surface area contributed by atoms with Crippen LogP contribution in [0.1, 0.15) is 0 Å². The SMILES string of the molecule is c1ccc(-n2c3ccccc3c3c2ccc2c4ccc([Si](c5ccccc5)(c5ccccc5)c5cccc(-n6cccn6)c5)cc4n(-c4ccccn4)c23)cc1. The van der Waals surface area contributed by atoms with Crippen LogP contribution in [-0.4, -0.2) is 32.0 Å². The zero-order chi connectivity index (χ0) is 37.1. The van der Waals surface area contributed by atoms with Gasteiger partial charge in [-0.2, -0.15) is 5.10 Å². The Balaban J connectivity index is 1.29. The van der Waals surface area contributed by atoms with Gasteiger partial charge >= 0.3 is 0 Å². The van der Waals surface area contributed by atoms with Crippen LogP contribution in [0.3, 0.4) is 0 Å². The molecule has 4 heterocycles. The minimum Gasteiger partial charge on any atom is -0.309 e. The Kier molecular flexibility index (Phi) is 7.43. The van der Waals surface area contributed by atoms with Gasteiger partial charge in [0.15, 0.2) is 8.07 Å². The number of nitrogens with zero attached hydrogens (tertiary/aromatic N) is 5. The highest BCUT2D eigenvalue weighted by atomic mass is 28.3. The quantitative estimate of drug-likeness (QED) is 0.121. The predicted octanol–water partition coefficient (Wildman–Crippen LogP) is 8.84. The van der Waals surface area contributed by atoms with Gasteiger partial charge in [-0.05, 0) is 81.4 Å². The largest absolute Gasteiger partial charge is 0.309 e. The van der Waals surface area contributed by atoms with E-state index in [1.807, 2.05) is 35.4 Å². The molecule has 0 atom stereocenters. The van der Waals surface area contributed by atoms with E-state index in [4.69, 9.17) is 4.98 Å². The van der Waals surface area contributed by atoms with E-state index in [1.54, 1.807) is 0 Å². The summed E-state index contributed by atoms with van der Waals surface area (Å²) in [6.07, 6.45) is 5.75. The molecule has 0 saturated carbocycles. The Morgan fingerprint density at radius 2 is 1.05 bits per heavy atom. The molecule has 0 radical (unpaired) electrons. The molecule has 0 N–H and O–H groups in total. The first-order valence-corrected chi connectivity index (χ1v) is 21.0. The second-order valence-electron chi connectivity index (χ2n) is 14.3. The second kappa shape index (κ2) is 12.9. The molecular formula is C50H35N5Si. The highest BCUT2D eigenvalue weighted by Gasteiger charge is 2.42. The van der Waals surface area contributed by atoms with E-state index in [9.17, 15) is 0 Å². The molecule has 0 saturated heterocycles. The predicted molar refractivity (Wildman–Crippen MR) is 234 cm³/mol. The Bertz CT molecular complexity index is 3130. The summed E-state index contributed by atoms with van der Waals surface area (Å²) in [5.41, 5.74) is 6.81. The summed E-state index contributed by atoms with van der Waals surface area (Å²) in [4.78, 5) is 5.04. The molecule has 264 valence electrons. The van der Waals surface area contributed by atoms with Gasteiger partial charge in [-0.25, -0.2) is 9.67 Å². The number of pyridine rings is 1. The number of rotatable bonds is 7. The topological polar surface area (TPSA) is 40.6 Å². The summed E-state index contributed by atoms with van der Waals surface area (Å²) < 4.78 is 6.76. The van der Waals surface area contributed by atoms with Crippen molar-refractivity contribution in [2.24, 2.45) is 0 Å². The van der Waals surface area contributed by atoms with Crippen LogP contribution in [-0.2, 0) is 0 Å². The van der Waals surface area contributed by atoms with Crippen molar-refractivity contribution < 1.29 is 0 Å². The van der Waals surface area contributed by atoms with Crippen LogP contribution in [0.15, 0.2) is 213 Å². The fourth-order valence-electron chi connectivity index (χ4n) is 9.05. The normalized spacial score (nSPS) is 11.9. The summed E-state index contributed by atoms with van der Waals surface area (Å²) >= 11 is 0. The maximum absolute atomic E-state index is 5.04. The van der Waals surface area contributed by atoms with Gasteiger partial charge in [-0.1, -0.05) is 133 Å². The Morgan fingerprint density at radius 1 is 0.393 bits per heavy atom. The summed E-state index contributed by atoms with van der Waals surface area (Å²) in [6.45, 7) is 0. The van der Waals surface area contributed by atoms with Crippen LogP contribution in [0.2, 0.25) is 0 Å². The van der Waals surface area contributed by atoms with Crippen molar-refractivity contribution in [3.8, 4) is 17.2 Å². The van der Waals surface area contributed by atoms with E-state index in [-0.39, 0.29) is 0 Å². The van der Waals surface area contributed by atoms with Crippen LogP contribution < -0.4 is 20.7 Å². The van der Waals surface area contributed by atoms with Crippen molar-refractivity contribution in [3.05, 3.63) is 213 Å². The standard InChI is InChI=1S/C50H35N5Si/c1-4-16-36(17-5-1)54-45-25-11-10-24-44(45)49-46(54)30-29-43-42-28-27-41(35-47(42)55(50(43)49)48-26-12-13-31-51-48)56(38-19-6-2-7-20-38,39-21-8-3-9-22-39)40-23-14-18-37(34-40)53-33-15-32-52-53/h1-35H. The lowest BCUT2D eigenvalue weighted by Gasteiger charge is -2.34. The molecule has 0 aliphatic rings. The highest BCUT2D eigenvalue weighted by molar-refractivity contribution is 7.20. The van der Waals surface area contributed by atoms with E-state index in [2.05, 4.69) is 196 Å². The highest BCUT2D eigenvalue weighted by Crippen LogP contribution is 2.41. The summed E-state index contributed by atoms with van der Waals surface area (Å²) in [7, 11) is -2.95. The first-order chi connectivity index (χ1) is 27.8. The van der Waals surface area contributed by atoms with E-state index in [0.29, 0.717) is 0 Å². The van der Waals surface area contributed by atoms with Crippen LogP contribution in [0.5, 0.6) is 0 Å². The van der Waals surface area contributed by atoms with Crippen LogP contribution in [0.25, 0.3) is 60.8 Å². The molecule has 56 heavy (non-hydrogen) atoms. The van der Waals surface area contributed by atoms with Crippen molar-refractivity contribution in [3.63, 3.8) is 0 Å². The van der Waals surface area contributed by atoms with Gasteiger partial charge in [0.2, 0.25) is 0 Å². The lowest BCUT2D eigenvalue weighted by Crippen LogP contribution is -2.74. The average Bonchev–Trinajstić information content (AvgIpc) is 4.01. The Morgan fingerprint density at radius 3 is 1.79 bits per heavy atom.